The van der Waals surface area contributed by atoms with Crippen molar-refractivity contribution in [3.8, 4) is 0 Å². The molecule has 1 aliphatic carbocycles. The summed E-state index contributed by atoms with van der Waals surface area (Å²) in [4.78, 5) is 11.9. The molecule has 0 atom stereocenters. The van der Waals surface area contributed by atoms with E-state index < -0.39 is 15.4 Å². The van der Waals surface area contributed by atoms with Crippen molar-refractivity contribution >= 4 is 16.0 Å². The van der Waals surface area contributed by atoms with Gasteiger partial charge < -0.3 is 4.74 Å². The van der Waals surface area contributed by atoms with E-state index in [1.807, 2.05) is 18.2 Å². The van der Waals surface area contributed by atoms with Crippen LogP contribution >= 0.6 is 0 Å². The van der Waals surface area contributed by atoms with Crippen molar-refractivity contribution in [1.82, 2.24) is 4.31 Å². The van der Waals surface area contributed by atoms with Crippen molar-refractivity contribution < 1.29 is 17.9 Å². The highest BCUT2D eigenvalue weighted by Crippen LogP contribution is 2.49. The van der Waals surface area contributed by atoms with Gasteiger partial charge in [0.25, 0.3) is 0 Å². The first-order valence-electron chi connectivity index (χ1n) is 6.53. The van der Waals surface area contributed by atoms with Crippen LogP contribution in [0.15, 0.2) is 18.2 Å². The van der Waals surface area contributed by atoms with Crippen LogP contribution in [0.2, 0.25) is 0 Å². The van der Waals surface area contributed by atoms with Gasteiger partial charge in [-0.1, -0.05) is 18.2 Å². The monoisotopic (exact) mass is 295 g/mol. The summed E-state index contributed by atoms with van der Waals surface area (Å²) in [5, 5.41) is 0. The smallest absolute Gasteiger partial charge is 0.316 e. The number of carbonyl (C=O) groups excluding carboxylic acids is 1. The highest BCUT2D eigenvalue weighted by atomic mass is 32.2. The number of hydrogen-bond donors (Lipinski definition) is 0. The molecular formula is C14H17NO4S. The lowest BCUT2D eigenvalue weighted by atomic mass is 9.93. The molecule has 0 unspecified atom stereocenters. The third-order valence-electron chi connectivity index (χ3n) is 4.25. The van der Waals surface area contributed by atoms with Gasteiger partial charge in [0.05, 0.1) is 18.8 Å². The number of ether oxygens (including phenoxy) is 1. The highest BCUT2D eigenvalue weighted by molar-refractivity contribution is 7.88. The molecule has 1 heterocycles. The molecule has 1 saturated carbocycles. The second-order valence-electron chi connectivity index (χ2n) is 5.59. The second-order valence-corrected chi connectivity index (χ2v) is 7.57. The van der Waals surface area contributed by atoms with Crippen molar-refractivity contribution in [3.05, 3.63) is 34.9 Å². The van der Waals surface area contributed by atoms with E-state index in [0.29, 0.717) is 13.1 Å². The number of fused-ring (bicyclic) bond motifs is 1. The second kappa shape index (κ2) is 4.30. The molecule has 0 N–H and O–H groups in total. The van der Waals surface area contributed by atoms with Gasteiger partial charge in [0.15, 0.2) is 0 Å². The van der Waals surface area contributed by atoms with E-state index in [2.05, 4.69) is 0 Å². The summed E-state index contributed by atoms with van der Waals surface area (Å²) in [6, 6.07) is 5.82. The Morgan fingerprint density at radius 3 is 2.45 bits per heavy atom. The zero-order chi connectivity index (χ0) is 14.5. The molecule has 0 aromatic heterocycles. The molecule has 1 fully saturated rings. The summed E-state index contributed by atoms with van der Waals surface area (Å²) < 4.78 is 29.5. The summed E-state index contributed by atoms with van der Waals surface area (Å²) in [6.45, 7) is 0.804. The fourth-order valence-electron chi connectivity index (χ4n) is 2.83. The number of sulfonamides is 1. The first kappa shape index (κ1) is 13.6. The van der Waals surface area contributed by atoms with Gasteiger partial charge in [-0.3, -0.25) is 4.79 Å². The highest BCUT2D eigenvalue weighted by Gasteiger charge is 2.52. The quantitative estimate of drug-likeness (QED) is 0.785. The Labute approximate surface area is 118 Å². The normalized spacial score (nSPS) is 20.5. The van der Waals surface area contributed by atoms with Gasteiger partial charge in [-0.15, -0.1) is 0 Å². The molecule has 108 valence electrons. The van der Waals surface area contributed by atoms with Crippen LogP contribution in [-0.4, -0.2) is 32.1 Å². The van der Waals surface area contributed by atoms with E-state index in [0.717, 1.165) is 29.5 Å². The zero-order valence-electron chi connectivity index (χ0n) is 11.5. The molecule has 2 aliphatic rings. The minimum Gasteiger partial charge on any atom is -0.468 e. The number of carbonyl (C=O) groups is 1. The van der Waals surface area contributed by atoms with Crippen LogP contribution in [0.5, 0.6) is 0 Å². The standard InChI is InChI=1S/C14H17NO4S/c1-19-13(16)14(5-6-14)12-4-3-10-8-15(20(2,17)18)9-11(10)7-12/h3-4,7H,5-6,8-9H2,1-2H3. The number of rotatable bonds is 3. The fraction of sp³-hybridized carbons (Fsp3) is 0.500. The Kier molecular flexibility index (Phi) is 2.92. The molecule has 0 bridgehead atoms. The van der Waals surface area contributed by atoms with Crippen LogP contribution in [0.1, 0.15) is 29.5 Å². The predicted octanol–water partition coefficient (Wildman–Crippen LogP) is 1.17. The van der Waals surface area contributed by atoms with Crippen molar-refractivity contribution in [2.75, 3.05) is 13.4 Å². The maximum atomic E-state index is 11.9. The van der Waals surface area contributed by atoms with Crippen molar-refractivity contribution in [1.29, 1.82) is 0 Å². The van der Waals surface area contributed by atoms with Crippen LogP contribution in [0.25, 0.3) is 0 Å². The third-order valence-corrected chi connectivity index (χ3v) is 5.44. The fourth-order valence-corrected chi connectivity index (χ4v) is 3.57. The average molecular weight is 295 g/mol. The summed E-state index contributed by atoms with van der Waals surface area (Å²) in [5.74, 6) is -0.199. The van der Waals surface area contributed by atoms with Gasteiger partial charge in [0, 0.05) is 13.1 Å². The van der Waals surface area contributed by atoms with E-state index in [4.69, 9.17) is 4.74 Å². The molecule has 1 aromatic rings. The van der Waals surface area contributed by atoms with Gasteiger partial charge in [0.1, 0.15) is 0 Å². The maximum Gasteiger partial charge on any atom is 0.316 e. The molecular weight excluding hydrogens is 278 g/mol. The zero-order valence-corrected chi connectivity index (χ0v) is 12.4. The maximum absolute atomic E-state index is 11.9. The molecule has 20 heavy (non-hydrogen) atoms. The Hall–Kier alpha value is -1.40. The molecule has 1 aliphatic heterocycles. The molecule has 0 saturated heterocycles. The van der Waals surface area contributed by atoms with Crippen LogP contribution in [0.4, 0.5) is 0 Å². The van der Waals surface area contributed by atoms with Crippen LogP contribution < -0.4 is 0 Å². The van der Waals surface area contributed by atoms with E-state index >= 15 is 0 Å². The molecule has 1 aromatic carbocycles. The average Bonchev–Trinajstić information content (AvgIpc) is 3.09. The lowest BCUT2D eigenvalue weighted by molar-refractivity contribution is -0.143. The first-order valence-corrected chi connectivity index (χ1v) is 8.37. The Morgan fingerprint density at radius 2 is 1.90 bits per heavy atom. The van der Waals surface area contributed by atoms with E-state index in [1.54, 1.807) is 0 Å². The summed E-state index contributed by atoms with van der Waals surface area (Å²) >= 11 is 0. The number of hydrogen-bond acceptors (Lipinski definition) is 4. The lowest BCUT2D eigenvalue weighted by Gasteiger charge is -2.14. The molecule has 0 radical (unpaired) electrons. The minimum absolute atomic E-state index is 0.199. The van der Waals surface area contributed by atoms with Gasteiger partial charge in [-0.25, -0.2) is 8.42 Å². The third kappa shape index (κ3) is 2.03. The van der Waals surface area contributed by atoms with E-state index in [-0.39, 0.29) is 5.97 Å². The molecule has 5 nitrogen and oxygen atoms in total. The number of nitrogens with zero attached hydrogens (tertiary/aromatic N) is 1. The van der Waals surface area contributed by atoms with Crippen LogP contribution in [0, 0.1) is 0 Å². The summed E-state index contributed by atoms with van der Waals surface area (Å²) in [6.07, 6.45) is 2.82. The molecule has 3 rings (SSSR count). The SMILES string of the molecule is COC(=O)C1(c2ccc3c(c2)CN(S(C)(=O)=O)C3)CC1. The Balaban J connectivity index is 1.92. The van der Waals surface area contributed by atoms with Gasteiger partial charge in [-0.2, -0.15) is 4.31 Å². The Bertz CT molecular complexity index is 676. The van der Waals surface area contributed by atoms with Crippen molar-refractivity contribution in [2.45, 2.75) is 31.3 Å². The summed E-state index contributed by atoms with van der Waals surface area (Å²) in [5.41, 5.74) is 2.45. The Morgan fingerprint density at radius 1 is 1.25 bits per heavy atom. The number of esters is 1. The van der Waals surface area contributed by atoms with Crippen molar-refractivity contribution in [2.24, 2.45) is 0 Å². The molecule has 0 spiro atoms. The minimum atomic E-state index is -3.18. The van der Waals surface area contributed by atoms with Crippen LogP contribution in [-0.2, 0) is 38.1 Å². The van der Waals surface area contributed by atoms with E-state index in [1.165, 1.54) is 17.7 Å². The number of benzene rings is 1. The lowest BCUT2D eigenvalue weighted by Crippen LogP contribution is -2.23. The molecule has 0 amide bonds. The van der Waals surface area contributed by atoms with Crippen LogP contribution in [0.3, 0.4) is 0 Å². The largest absolute Gasteiger partial charge is 0.468 e. The summed E-state index contributed by atoms with van der Waals surface area (Å²) in [7, 11) is -1.78. The topological polar surface area (TPSA) is 63.7 Å². The van der Waals surface area contributed by atoms with Gasteiger partial charge >= 0.3 is 5.97 Å². The van der Waals surface area contributed by atoms with Gasteiger partial charge in [-0.05, 0) is 29.5 Å². The number of methoxy groups -OCH3 is 1. The first-order chi connectivity index (χ1) is 9.37. The van der Waals surface area contributed by atoms with Gasteiger partial charge in [0.2, 0.25) is 10.0 Å². The predicted molar refractivity (Wildman–Crippen MR) is 73.5 cm³/mol. The van der Waals surface area contributed by atoms with E-state index in [9.17, 15) is 13.2 Å². The molecule has 6 heteroatoms. The van der Waals surface area contributed by atoms with Crippen molar-refractivity contribution in [3.63, 3.8) is 0 Å².